The SMILES string of the molecule is COCCN=C(N)NCCc1ccc(NC(=O)OC(C)(C)C)cc1. The fourth-order valence-corrected chi connectivity index (χ4v) is 1.82. The number of rotatable bonds is 7. The number of benzene rings is 1. The van der Waals surface area contributed by atoms with Crippen LogP contribution in [0.15, 0.2) is 29.3 Å². The molecule has 0 aromatic heterocycles. The Kier molecular flexibility index (Phi) is 8.05. The van der Waals surface area contributed by atoms with Gasteiger partial charge in [0.15, 0.2) is 5.96 Å². The Bertz CT molecular complexity index is 536. The summed E-state index contributed by atoms with van der Waals surface area (Å²) in [6, 6.07) is 7.59. The van der Waals surface area contributed by atoms with Crippen LogP contribution in [0.1, 0.15) is 26.3 Å². The molecule has 24 heavy (non-hydrogen) atoms. The highest BCUT2D eigenvalue weighted by atomic mass is 16.6. The van der Waals surface area contributed by atoms with Crippen molar-refractivity contribution in [2.24, 2.45) is 10.7 Å². The molecule has 1 aromatic carbocycles. The van der Waals surface area contributed by atoms with Crippen LogP contribution in [-0.4, -0.2) is 44.5 Å². The first-order chi connectivity index (χ1) is 11.3. The Labute approximate surface area is 143 Å². The van der Waals surface area contributed by atoms with Gasteiger partial charge in [-0.3, -0.25) is 10.3 Å². The maximum atomic E-state index is 11.7. The molecule has 0 saturated heterocycles. The van der Waals surface area contributed by atoms with Gasteiger partial charge in [0, 0.05) is 19.3 Å². The van der Waals surface area contributed by atoms with Crippen LogP contribution < -0.4 is 16.4 Å². The molecule has 0 saturated carbocycles. The first kappa shape index (κ1) is 19.8. The van der Waals surface area contributed by atoms with Crippen molar-refractivity contribution in [3.8, 4) is 0 Å². The summed E-state index contributed by atoms with van der Waals surface area (Å²) in [4.78, 5) is 15.8. The molecule has 0 bridgehead atoms. The van der Waals surface area contributed by atoms with Crippen LogP contribution >= 0.6 is 0 Å². The van der Waals surface area contributed by atoms with E-state index in [0.717, 1.165) is 12.0 Å². The van der Waals surface area contributed by atoms with E-state index in [1.165, 1.54) is 0 Å². The molecular formula is C17H28N4O3. The number of nitrogens with one attached hydrogen (secondary N) is 2. The molecule has 4 N–H and O–H groups in total. The molecule has 0 atom stereocenters. The number of guanidine groups is 1. The Balaban J connectivity index is 2.37. The second kappa shape index (κ2) is 9.77. The third-order valence-corrected chi connectivity index (χ3v) is 2.90. The fourth-order valence-electron chi connectivity index (χ4n) is 1.82. The lowest BCUT2D eigenvalue weighted by Crippen LogP contribution is -2.33. The number of carbonyl (C=O) groups is 1. The zero-order valence-electron chi connectivity index (χ0n) is 14.9. The maximum Gasteiger partial charge on any atom is 0.412 e. The number of anilines is 1. The molecule has 0 fully saturated rings. The van der Waals surface area contributed by atoms with Gasteiger partial charge in [-0.05, 0) is 44.9 Å². The van der Waals surface area contributed by atoms with Gasteiger partial charge in [0.25, 0.3) is 0 Å². The van der Waals surface area contributed by atoms with E-state index in [1.807, 2.05) is 45.0 Å². The molecule has 1 aromatic rings. The van der Waals surface area contributed by atoms with Crippen molar-refractivity contribution in [3.63, 3.8) is 0 Å². The van der Waals surface area contributed by atoms with E-state index in [9.17, 15) is 4.79 Å². The highest BCUT2D eigenvalue weighted by Gasteiger charge is 2.15. The maximum absolute atomic E-state index is 11.7. The van der Waals surface area contributed by atoms with Crippen molar-refractivity contribution < 1.29 is 14.3 Å². The largest absolute Gasteiger partial charge is 0.444 e. The number of hydrogen-bond donors (Lipinski definition) is 3. The Morgan fingerprint density at radius 2 is 1.92 bits per heavy atom. The molecule has 7 nitrogen and oxygen atoms in total. The quantitative estimate of drug-likeness (QED) is 0.402. The zero-order valence-corrected chi connectivity index (χ0v) is 14.9. The van der Waals surface area contributed by atoms with E-state index in [0.29, 0.717) is 31.3 Å². The average Bonchev–Trinajstić information content (AvgIpc) is 2.47. The summed E-state index contributed by atoms with van der Waals surface area (Å²) >= 11 is 0. The molecule has 0 aliphatic heterocycles. The minimum Gasteiger partial charge on any atom is -0.444 e. The van der Waals surface area contributed by atoms with Crippen molar-refractivity contribution in [2.45, 2.75) is 32.8 Å². The first-order valence-electron chi connectivity index (χ1n) is 7.92. The smallest absolute Gasteiger partial charge is 0.412 e. The number of nitrogens with two attached hydrogens (primary N) is 1. The van der Waals surface area contributed by atoms with E-state index in [2.05, 4.69) is 15.6 Å². The van der Waals surface area contributed by atoms with Gasteiger partial charge in [0.2, 0.25) is 0 Å². The summed E-state index contributed by atoms with van der Waals surface area (Å²) in [6.07, 6.45) is 0.338. The van der Waals surface area contributed by atoms with Gasteiger partial charge >= 0.3 is 6.09 Å². The predicted molar refractivity (Wildman–Crippen MR) is 96.4 cm³/mol. The van der Waals surface area contributed by atoms with Gasteiger partial charge in [0.1, 0.15) is 5.60 Å². The minimum absolute atomic E-state index is 0.412. The third kappa shape index (κ3) is 8.99. The molecule has 0 spiro atoms. The lowest BCUT2D eigenvalue weighted by atomic mass is 10.1. The minimum atomic E-state index is -0.513. The summed E-state index contributed by atoms with van der Waals surface area (Å²) in [5.74, 6) is 0.412. The summed E-state index contributed by atoms with van der Waals surface area (Å²) in [5.41, 5.74) is 7.04. The zero-order chi connectivity index (χ0) is 18.0. The second-order valence-electron chi connectivity index (χ2n) is 6.26. The number of nitrogens with zero attached hydrogens (tertiary/aromatic N) is 1. The number of amides is 1. The monoisotopic (exact) mass is 336 g/mol. The van der Waals surface area contributed by atoms with E-state index >= 15 is 0 Å². The number of aliphatic imine (C=N–C) groups is 1. The molecule has 7 heteroatoms. The van der Waals surface area contributed by atoms with Gasteiger partial charge in [0.05, 0.1) is 13.2 Å². The summed E-state index contributed by atoms with van der Waals surface area (Å²) in [6.45, 7) is 7.25. The van der Waals surface area contributed by atoms with Crippen LogP contribution in [0.4, 0.5) is 10.5 Å². The Hall–Kier alpha value is -2.28. The lowest BCUT2D eigenvalue weighted by Gasteiger charge is -2.19. The summed E-state index contributed by atoms with van der Waals surface area (Å²) in [5, 5.41) is 5.75. The van der Waals surface area contributed by atoms with E-state index in [4.69, 9.17) is 15.2 Å². The molecule has 0 heterocycles. The summed E-state index contributed by atoms with van der Waals surface area (Å²) in [7, 11) is 1.63. The van der Waals surface area contributed by atoms with Gasteiger partial charge in [-0.15, -0.1) is 0 Å². The molecule has 0 unspecified atom stereocenters. The number of methoxy groups -OCH3 is 1. The molecule has 134 valence electrons. The standard InChI is InChI=1S/C17H28N4O3/c1-17(2,3)24-16(22)21-14-7-5-13(6-8-14)9-10-19-15(18)20-11-12-23-4/h5-8H,9-12H2,1-4H3,(H,21,22)(H3,18,19,20). The fraction of sp³-hybridized carbons (Fsp3) is 0.529. The number of ether oxygens (including phenoxy) is 2. The molecule has 1 rings (SSSR count). The predicted octanol–water partition coefficient (Wildman–Crippen LogP) is 2.13. The molecule has 0 aliphatic carbocycles. The second-order valence-corrected chi connectivity index (χ2v) is 6.26. The Morgan fingerprint density at radius 3 is 2.50 bits per heavy atom. The third-order valence-electron chi connectivity index (χ3n) is 2.90. The van der Waals surface area contributed by atoms with Crippen molar-refractivity contribution in [1.82, 2.24) is 5.32 Å². The first-order valence-corrected chi connectivity index (χ1v) is 7.92. The van der Waals surface area contributed by atoms with Crippen LogP contribution in [0.2, 0.25) is 0 Å². The van der Waals surface area contributed by atoms with Crippen molar-refractivity contribution >= 4 is 17.7 Å². The highest BCUT2D eigenvalue weighted by molar-refractivity contribution is 5.84. The normalized spacial score (nSPS) is 11.9. The molecular weight excluding hydrogens is 308 g/mol. The number of hydrogen-bond acceptors (Lipinski definition) is 4. The average molecular weight is 336 g/mol. The van der Waals surface area contributed by atoms with E-state index in [1.54, 1.807) is 7.11 Å². The lowest BCUT2D eigenvalue weighted by molar-refractivity contribution is 0.0636. The van der Waals surface area contributed by atoms with Crippen molar-refractivity contribution in [1.29, 1.82) is 0 Å². The van der Waals surface area contributed by atoms with Gasteiger partial charge in [-0.1, -0.05) is 12.1 Å². The van der Waals surface area contributed by atoms with Gasteiger partial charge in [-0.25, -0.2) is 4.79 Å². The number of carbonyl (C=O) groups excluding carboxylic acids is 1. The Morgan fingerprint density at radius 1 is 1.25 bits per heavy atom. The van der Waals surface area contributed by atoms with Crippen LogP contribution in [-0.2, 0) is 15.9 Å². The van der Waals surface area contributed by atoms with Crippen molar-refractivity contribution in [2.75, 3.05) is 32.1 Å². The molecule has 0 radical (unpaired) electrons. The van der Waals surface area contributed by atoms with Crippen LogP contribution in [0.25, 0.3) is 0 Å². The highest BCUT2D eigenvalue weighted by Crippen LogP contribution is 2.13. The summed E-state index contributed by atoms with van der Waals surface area (Å²) < 4.78 is 10.1. The van der Waals surface area contributed by atoms with Gasteiger partial charge < -0.3 is 20.5 Å². The van der Waals surface area contributed by atoms with E-state index in [-0.39, 0.29) is 0 Å². The topological polar surface area (TPSA) is 98.0 Å². The van der Waals surface area contributed by atoms with Crippen LogP contribution in [0, 0.1) is 0 Å². The van der Waals surface area contributed by atoms with Crippen molar-refractivity contribution in [3.05, 3.63) is 29.8 Å². The van der Waals surface area contributed by atoms with Crippen LogP contribution in [0.3, 0.4) is 0 Å². The van der Waals surface area contributed by atoms with Gasteiger partial charge in [-0.2, -0.15) is 0 Å². The molecule has 1 amide bonds. The molecule has 0 aliphatic rings. The van der Waals surface area contributed by atoms with Crippen LogP contribution in [0.5, 0.6) is 0 Å². The van der Waals surface area contributed by atoms with E-state index < -0.39 is 11.7 Å².